The number of nitrogens with zero attached hydrogens (tertiary/aromatic N) is 2. The van der Waals surface area contributed by atoms with Crippen molar-refractivity contribution >= 4 is 10.9 Å². The van der Waals surface area contributed by atoms with Crippen molar-refractivity contribution in [3.63, 3.8) is 0 Å². The van der Waals surface area contributed by atoms with Crippen LogP contribution < -0.4 is 4.74 Å². The molecule has 5 rings (SSSR count). The monoisotopic (exact) mass is 354 g/mol. The number of ether oxygens (including phenoxy) is 1. The van der Waals surface area contributed by atoms with Crippen molar-refractivity contribution < 1.29 is 14.9 Å². The van der Waals surface area contributed by atoms with Gasteiger partial charge in [-0.15, -0.1) is 6.58 Å². The van der Waals surface area contributed by atoms with Crippen LogP contribution in [0.1, 0.15) is 18.4 Å². The molecule has 3 fully saturated rings. The van der Waals surface area contributed by atoms with Crippen molar-refractivity contribution in [1.29, 1.82) is 0 Å². The predicted molar refractivity (Wildman–Crippen MR) is 101 cm³/mol. The molecule has 26 heavy (non-hydrogen) atoms. The van der Waals surface area contributed by atoms with Crippen molar-refractivity contribution in [3.05, 3.63) is 48.7 Å². The smallest absolute Gasteiger partial charge is 0.129 e. The number of methoxy groups -OCH3 is 1. The van der Waals surface area contributed by atoms with Gasteiger partial charge in [-0.3, -0.25) is 9.88 Å². The number of piperidine rings is 3. The number of rotatable bonds is 5. The van der Waals surface area contributed by atoms with Gasteiger partial charge in [0.2, 0.25) is 0 Å². The number of pyridine rings is 1. The molecule has 2 N–H and O–H groups in total. The molecule has 0 aliphatic carbocycles. The standard InChI is InChI=1S/C21H26N2O3/c1-3-14-12-23-7-6-15(14)10-20(23)21(25,13-24)17-8-16-9-18(26-2)4-5-19(16)22-11-17/h3-5,8-9,11,14-15,20,24-25H,1,6-7,10,12-13H2,2H3. The third kappa shape index (κ3) is 2.71. The number of fused-ring (bicyclic) bond motifs is 4. The van der Waals surface area contributed by atoms with E-state index in [9.17, 15) is 10.2 Å². The first-order chi connectivity index (χ1) is 12.6. The summed E-state index contributed by atoms with van der Waals surface area (Å²) in [5.41, 5.74) is 0.176. The fraction of sp³-hybridized carbons (Fsp3) is 0.476. The second-order valence-electron chi connectivity index (χ2n) is 7.56. The van der Waals surface area contributed by atoms with Gasteiger partial charge in [0, 0.05) is 29.7 Å². The molecule has 3 aliphatic heterocycles. The Labute approximate surface area is 153 Å². The number of benzene rings is 1. The van der Waals surface area contributed by atoms with E-state index in [1.807, 2.05) is 30.3 Å². The second kappa shape index (κ2) is 6.65. The minimum absolute atomic E-state index is 0.104. The summed E-state index contributed by atoms with van der Waals surface area (Å²) in [6, 6.07) is 7.50. The van der Waals surface area contributed by atoms with E-state index >= 15 is 0 Å². The zero-order chi connectivity index (χ0) is 18.3. The maximum Gasteiger partial charge on any atom is 0.129 e. The summed E-state index contributed by atoms with van der Waals surface area (Å²) in [4.78, 5) is 6.80. The van der Waals surface area contributed by atoms with E-state index in [1.165, 1.54) is 0 Å². The van der Waals surface area contributed by atoms with Crippen LogP contribution in [0.15, 0.2) is 43.1 Å². The molecular weight excluding hydrogens is 328 g/mol. The van der Waals surface area contributed by atoms with Gasteiger partial charge >= 0.3 is 0 Å². The number of hydrogen-bond donors (Lipinski definition) is 2. The Balaban J connectivity index is 1.72. The zero-order valence-corrected chi connectivity index (χ0v) is 15.1. The zero-order valence-electron chi connectivity index (χ0n) is 15.1. The van der Waals surface area contributed by atoms with Crippen molar-refractivity contribution in [2.24, 2.45) is 11.8 Å². The largest absolute Gasteiger partial charge is 0.497 e. The number of hydrogen-bond acceptors (Lipinski definition) is 5. The molecule has 5 nitrogen and oxygen atoms in total. The van der Waals surface area contributed by atoms with Crippen molar-refractivity contribution in [2.75, 3.05) is 26.8 Å². The first kappa shape index (κ1) is 17.5. The maximum absolute atomic E-state index is 11.5. The normalized spacial score (nSPS) is 30.1. The molecule has 5 unspecified atom stereocenters. The van der Waals surface area contributed by atoms with Crippen LogP contribution >= 0.6 is 0 Å². The van der Waals surface area contributed by atoms with E-state index in [4.69, 9.17) is 4.74 Å². The lowest BCUT2D eigenvalue weighted by Crippen LogP contribution is -2.61. The van der Waals surface area contributed by atoms with Gasteiger partial charge in [-0.1, -0.05) is 6.08 Å². The van der Waals surface area contributed by atoms with Crippen LogP contribution in [0.2, 0.25) is 0 Å². The predicted octanol–water partition coefficient (Wildman–Crippen LogP) is 2.32. The molecule has 1 aromatic carbocycles. The van der Waals surface area contributed by atoms with E-state index in [2.05, 4.69) is 16.5 Å². The summed E-state index contributed by atoms with van der Waals surface area (Å²) in [5.74, 6) is 1.74. The molecule has 0 spiro atoms. The molecule has 3 saturated heterocycles. The highest BCUT2D eigenvalue weighted by Crippen LogP contribution is 2.43. The fourth-order valence-electron chi connectivity index (χ4n) is 4.69. The summed E-state index contributed by atoms with van der Waals surface area (Å²) in [5, 5.41) is 22.6. The summed E-state index contributed by atoms with van der Waals surface area (Å²) in [6.07, 6.45) is 5.72. The Kier molecular flexibility index (Phi) is 4.47. The fourth-order valence-corrected chi connectivity index (χ4v) is 4.69. The summed E-state index contributed by atoms with van der Waals surface area (Å²) < 4.78 is 5.30. The SMILES string of the molecule is C=CC1CN2CCC1CC2C(O)(CO)c1cnc2ccc(OC)cc2c1. The highest BCUT2D eigenvalue weighted by molar-refractivity contribution is 5.80. The lowest BCUT2D eigenvalue weighted by atomic mass is 9.70. The van der Waals surface area contributed by atoms with Gasteiger partial charge in [-0.2, -0.15) is 0 Å². The highest BCUT2D eigenvalue weighted by atomic mass is 16.5. The van der Waals surface area contributed by atoms with Crippen LogP contribution in [0.5, 0.6) is 5.75 Å². The van der Waals surface area contributed by atoms with Gasteiger partial charge in [0.25, 0.3) is 0 Å². The molecule has 2 aromatic rings. The number of aliphatic hydroxyl groups excluding tert-OH is 1. The Bertz CT molecular complexity index is 824. The maximum atomic E-state index is 11.5. The van der Waals surface area contributed by atoms with Crippen molar-refractivity contribution in [3.8, 4) is 5.75 Å². The Morgan fingerprint density at radius 1 is 1.42 bits per heavy atom. The van der Waals surface area contributed by atoms with Gasteiger partial charge in [0.1, 0.15) is 11.4 Å². The van der Waals surface area contributed by atoms with Crippen LogP contribution in [0.25, 0.3) is 10.9 Å². The molecule has 5 heteroatoms. The first-order valence-electron chi connectivity index (χ1n) is 9.23. The number of aliphatic hydroxyl groups is 2. The molecular formula is C21H26N2O3. The molecule has 5 atom stereocenters. The minimum Gasteiger partial charge on any atom is -0.497 e. The molecule has 3 aliphatic rings. The molecule has 0 amide bonds. The Morgan fingerprint density at radius 2 is 2.27 bits per heavy atom. The molecule has 138 valence electrons. The van der Waals surface area contributed by atoms with Crippen LogP contribution in [0, 0.1) is 11.8 Å². The lowest BCUT2D eigenvalue weighted by molar-refractivity contribution is -0.131. The minimum atomic E-state index is -1.32. The average Bonchev–Trinajstić information content (AvgIpc) is 2.72. The van der Waals surface area contributed by atoms with E-state index in [-0.39, 0.29) is 12.6 Å². The number of aromatic nitrogens is 1. The summed E-state index contributed by atoms with van der Waals surface area (Å²) in [6.45, 7) is 5.49. The van der Waals surface area contributed by atoms with E-state index in [0.29, 0.717) is 17.4 Å². The highest BCUT2D eigenvalue weighted by Gasteiger charge is 2.49. The molecule has 0 radical (unpaired) electrons. The van der Waals surface area contributed by atoms with Crippen molar-refractivity contribution in [2.45, 2.75) is 24.5 Å². The Hall–Kier alpha value is -1.95. The van der Waals surface area contributed by atoms with Gasteiger partial charge in [-0.25, -0.2) is 0 Å². The van der Waals surface area contributed by atoms with E-state index in [0.717, 1.165) is 42.6 Å². The quantitative estimate of drug-likeness (QED) is 0.807. The topological polar surface area (TPSA) is 65.8 Å². The molecule has 2 bridgehead atoms. The van der Waals surface area contributed by atoms with E-state index in [1.54, 1.807) is 13.3 Å². The lowest BCUT2D eigenvalue weighted by Gasteiger charge is -2.54. The van der Waals surface area contributed by atoms with E-state index < -0.39 is 5.60 Å². The van der Waals surface area contributed by atoms with Crippen LogP contribution in [-0.2, 0) is 5.60 Å². The van der Waals surface area contributed by atoms with Gasteiger partial charge < -0.3 is 14.9 Å². The third-order valence-electron chi connectivity index (χ3n) is 6.29. The van der Waals surface area contributed by atoms with Gasteiger partial charge in [0.15, 0.2) is 0 Å². The van der Waals surface area contributed by atoms with Crippen LogP contribution in [0.4, 0.5) is 0 Å². The van der Waals surface area contributed by atoms with Crippen LogP contribution in [0.3, 0.4) is 0 Å². The van der Waals surface area contributed by atoms with Crippen LogP contribution in [-0.4, -0.2) is 52.9 Å². The van der Waals surface area contributed by atoms with Gasteiger partial charge in [0.05, 0.1) is 19.2 Å². The second-order valence-corrected chi connectivity index (χ2v) is 7.56. The van der Waals surface area contributed by atoms with Gasteiger partial charge in [-0.05, 0) is 55.5 Å². The molecule has 4 heterocycles. The third-order valence-corrected chi connectivity index (χ3v) is 6.29. The molecule has 0 saturated carbocycles. The first-order valence-corrected chi connectivity index (χ1v) is 9.23. The molecule has 1 aromatic heterocycles. The summed E-state index contributed by atoms with van der Waals surface area (Å²) in [7, 11) is 1.63. The summed E-state index contributed by atoms with van der Waals surface area (Å²) >= 11 is 0. The van der Waals surface area contributed by atoms with Crippen molar-refractivity contribution in [1.82, 2.24) is 9.88 Å². The Morgan fingerprint density at radius 3 is 2.92 bits per heavy atom. The average molecular weight is 354 g/mol.